The summed E-state index contributed by atoms with van der Waals surface area (Å²) in [4.78, 5) is 28.8. The molecule has 0 aromatic carbocycles. The summed E-state index contributed by atoms with van der Waals surface area (Å²) in [5.74, 6) is -0.334. The van der Waals surface area contributed by atoms with Crippen LogP contribution in [0.5, 0.6) is 0 Å². The average molecular weight is 307 g/mol. The Kier molecular flexibility index (Phi) is 3.28. The third-order valence-corrected chi connectivity index (χ3v) is 4.11. The van der Waals surface area contributed by atoms with Gasteiger partial charge in [0.1, 0.15) is 16.4 Å². The van der Waals surface area contributed by atoms with E-state index in [0.717, 1.165) is 5.01 Å². The number of nitrogens with one attached hydrogen (secondary N) is 1. The fourth-order valence-electron chi connectivity index (χ4n) is 1.67. The molecule has 0 aliphatic heterocycles. The van der Waals surface area contributed by atoms with Crippen molar-refractivity contribution in [3.63, 3.8) is 0 Å². The Labute approximate surface area is 120 Å². The first-order chi connectivity index (χ1) is 9.63. The Hall–Kier alpha value is -2.13. The molecule has 3 rings (SSSR count). The Balaban J connectivity index is 1.80. The van der Waals surface area contributed by atoms with E-state index in [9.17, 15) is 9.59 Å². The van der Waals surface area contributed by atoms with Gasteiger partial charge in [-0.2, -0.15) is 0 Å². The van der Waals surface area contributed by atoms with Crippen molar-refractivity contribution >= 4 is 43.9 Å². The lowest BCUT2D eigenvalue weighted by molar-refractivity contribution is -0.116. The summed E-state index contributed by atoms with van der Waals surface area (Å²) in [5.41, 5.74) is -0.222. The van der Waals surface area contributed by atoms with Crippen LogP contribution < -0.4 is 10.9 Å². The van der Waals surface area contributed by atoms with E-state index >= 15 is 0 Å². The first-order valence-electron chi connectivity index (χ1n) is 5.66. The maximum Gasteiger partial charge on any atom is 0.262 e. The maximum absolute atomic E-state index is 12.1. The number of aromatic nitrogens is 4. The Morgan fingerprint density at radius 1 is 1.45 bits per heavy atom. The molecule has 0 saturated carbocycles. The molecule has 3 aromatic rings. The maximum atomic E-state index is 12.1. The van der Waals surface area contributed by atoms with Gasteiger partial charge < -0.3 is 0 Å². The highest BCUT2D eigenvalue weighted by Gasteiger charge is 2.10. The molecule has 0 radical (unpaired) electrons. The first kappa shape index (κ1) is 12.9. The fraction of sp³-hybridized carbons (Fsp3) is 0.182. The van der Waals surface area contributed by atoms with Crippen molar-refractivity contribution in [2.75, 3.05) is 5.32 Å². The summed E-state index contributed by atoms with van der Waals surface area (Å²) in [7, 11) is 0. The average Bonchev–Trinajstić information content (AvgIpc) is 3.02. The molecule has 7 nitrogen and oxygen atoms in total. The van der Waals surface area contributed by atoms with Crippen molar-refractivity contribution in [1.82, 2.24) is 19.7 Å². The topological polar surface area (TPSA) is 89.8 Å². The number of aryl methyl sites for hydroxylation is 1. The van der Waals surface area contributed by atoms with Crippen LogP contribution in [-0.2, 0) is 11.3 Å². The number of hydrogen-bond donors (Lipinski definition) is 1. The normalized spacial score (nSPS) is 10.8. The third kappa shape index (κ3) is 2.45. The van der Waals surface area contributed by atoms with Gasteiger partial charge >= 0.3 is 0 Å². The van der Waals surface area contributed by atoms with E-state index in [1.807, 2.05) is 0 Å². The number of nitrogens with zero attached hydrogens (tertiary/aromatic N) is 4. The highest BCUT2D eigenvalue weighted by molar-refractivity contribution is 7.16. The van der Waals surface area contributed by atoms with E-state index in [1.54, 1.807) is 18.4 Å². The number of anilines is 1. The Morgan fingerprint density at radius 3 is 3.05 bits per heavy atom. The standard InChI is InChI=1S/C11H9N5O2S2/c1-6-14-15-11(20-6)13-8(17)4-16-5-12-9-7(10(16)18)2-3-19-9/h2-3,5H,4H2,1H3,(H,13,15,17). The molecule has 102 valence electrons. The second-order valence-corrected chi connectivity index (χ2v) is 6.07. The number of hydrogen-bond acceptors (Lipinski definition) is 7. The van der Waals surface area contributed by atoms with Gasteiger partial charge in [0.2, 0.25) is 11.0 Å². The molecule has 9 heteroatoms. The number of amides is 1. The van der Waals surface area contributed by atoms with Crippen LogP contribution in [-0.4, -0.2) is 25.7 Å². The van der Waals surface area contributed by atoms with Gasteiger partial charge in [-0.1, -0.05) is 11.3 Å². The molecule has 0 bridgehead atoms. The quantitative estimate of drug-likeness (QED) is 0.786. The Morgan fingerprint density at radius 2 is 2.30 bits per heavy atom. The lowest BCUT2D eigenvalue weighted by atomic mass is 10.4. The molecule has 0 unspecified atom stereocenters. The predicted molar refractivity (Wildman–Crippen MR) is 77.2 cm³/mol. The minimum atomic E-state index is -0.334. The van der Waals surface area contributed by atoms with E-state index < -0.39 is 0 Å². The molecule has 0 saturated heterocycles. The highest BCUT2D eigenvalue weighted by atomic mass is 32.1. The van der Waals surface area contributed by atoms with Gasteiger partial charge in [0, 0.05) is 0 Å². The van der Waals surface area contributed by atoms with Gasteiger partial charge in [-0.25, -0.2) is 4.98 Å². The molecule has 3 aromatic heterocycles. The molecular formula is C11H9N5O2S2. The summed E-state index contributed by atoms with van der Waals surface area (Å²) in [6.45, 7) is 1.70. The van der Waals surface area contributed by atoms with Crippen molar-refractivity contribution in [1.29, 1.82) is 0 Å². The molecule has 0 aliphatic rings. The van der Waals surface area contributed by atoms with E-state index in [2.05, 4.69) is 20.5 Å². The van der Waals surface area contributed by atoms with E-state index in [4.69, 9.17) is 0 Å². The Bertz CT molecular complexity index is 835. The first-order valence-corrected chi connectivity index (χ1v) is 7.36. The van der Waals surface area contributed by atoms with Crippen LogP contribution in [0.2, 0.25) is 0 Å². The number of thiophene rings is 1. The van der Waals surface area contributed by atoms with Crippen molar-refractivity contribution in [2.24, 2.45) is 0 Å². The van der Waals surface area contributed by atoms with Gasteiger partial charge in [-0.3, -0.25) is 19.5 Å². The van der Waals surface area contributed by atoms with Crippen LogP contribution in [0.3, 0.4) is 0 Å². The van der Waals surface area contributed by atoms with Gasteiger partial charge in [0.15, 0.2) is 0 Å². The molecular weight excluding hydrogens is 298 g/mol. The van der Waals surface area contributed by atoms with Crippen LogP contribution >= 0.6 is 22.7 Å². The molecule has 0 aliphatic carbocycles. The predicted octanol–water partition coefficient (Wildman–Crippen LogP) is 1.26. The largest absolute Gasteiger partial charge is 0.299 e. The van der Waals surface area contributed by atoms with Gasteiger partial charge in [-0.05, 0) is 18.4 Å². The van der Waals surface area contributed by atoms with Crippen LogP contribution in [0, 0.1) is 6.92 Å². The number of carbonyl (C=O) groups excluding carboxylic acids is 1. The summed E-state index contributed by atoms with van der Waals surface area (Å²) >= 11 is 2.67. The highest BCUT2D eigenvalue weighted by Crippen LogP contribution is 2.14. The van der Waals surface area contributed by atoms with E-state index in [0.29, 0.717) is 15.3 Å². The summed E-state index contributed by atoms with van der Waals surface area (Å²) < 4.78 is 1.28. The molecule has 3 heterocycles. The fourth-order valence-corrected chi connectivity index (χ4v) is 3.00. The molecule has 0 fully saturated rings. The van der Waals surface area contributed by atoms with Crippen LogP contribution in [0.1, 0.15) is 5.01 Å². The molecule has 1 amide bonds. The van der Waals surface area contributed by atoms with E-state index in [-0.39, 0.29) is 18.0 Å². The number of fused-ring (bicyclic) bond motifs is 1. The second kappa shape index (κ2) is 5.10. The molecule has 1 N–H and O–H groups in total. The smallest absolute Gasteiger partial charge is 0.262 e. The number of rotatable bonds is 3. The van der Waals surface area contributed by atoms with Crippen molar-refractivity contribution in [2.45, 2.75) is 13.5 Å². The molecule has 0 atom stereocenters. The SMILES string of the molecule is Cc1nnc(NC(=O)Cn2cnc3sccc3c2=O)s1. The molecule has 20 heavy (non-hydrogen) atoms. The van der Waals surface area contributed by atoms with Crippen molar-refractivity contribution in [3.05, 3.63) is 33.1 Å². The molecule has 0 spiro atoms. The minimum Gasteiger partial charge on any atom is -0.299 e. The zero-order valence-corrected chi connectivity index (χ0v) is 12.0. The van der Waals surface area contributed by atoms with Gasteiger partial charge in [-0.15, -0.1) is 21.5 Å². The number of carbonyl (C=O) groups is 1. The van der Waals surface area contributed by atoms with Gasteiger partial charge in [0.05, 0.1) is 11.7 Å². The summed E-state index contributed by atoms with van der Waals surface area (Å²) in [6.07, 6.45) is 1.38. The lowest BCUT2D eigenvalue weighted by Crippen LogP contribution is -2.27. The monoisotopic (exact) mass is 307 g/mol. The minimum absolute atomic E-state index is 0.101. The second-order valence-electron chi connectivity index (χ2n) is 3.99. The lowest BCUT2D eigenvalue weighted by Gasteiger charge is -2.04. The zero-order chi connectivity index (χ0) is 14.1. The van der Waals surface area contributed by atoms with E-state index in [1.165, 1.54) is 33.6 Å². The van der Waals surface area contributed by atoms with Crippen molar-refractivity contribution < 1.29 is 4.79 Å². The van der Waals surface area contributed by atoms with Crippen LogP contribution in [0.15, 0.2) is 22.6 Å². The van der Waals surface area contributed by atoms with Crippen molar-refractivity contribution in [3.8, 4) is 0 Å². The van der Waals surface area contributed by atoms with Crippen LogP contribution in [0.25, 0.3) is 10.2 Å². The summed E-state index contributed by atoms with van der Waals surface area (Å²) in [5, 5.41) is 13.7. The third-order valence-electron chi connectivity index (χ3n) is 2.54. The zero-order valence-electron chi connectivity index (χ0n) is 10.4. The summed E-state index contributed by atoms with van der Waals surface area (Å²) in [6, 6.07) is 1.71. The van der Waals surface area contributed by atoms with Crippen LogP contribution in [0.4, 0.5) is 5.13 Å². The van der Waals surface area contributed by atoms with Gasteiger partial charge in [0.25, 0.3) is 5.56 Å².